The molecule has 0 saturated carbocycles. The van der Waals surface area contributed by atoms with Crippen LogP contribution in [0, 0.1) is 33.1 Å². The summed E-state index contributed by atoms with van der Waals surface area (Å²) in [6, 6.07) is 6.70. The minimum atomic E-state index is -4.40. The molecule has 1 aromatic carbocycles. The summed E-state index contributed by atoms with van der Waals surface area (Å²) in [7, 11) is -4.40. The van der Waals surface area contributed by atoms with Gasteiger partial charge >= 0.3 is 98.6 Å². The van der Waals surface area contributed by atoms with Crippen molar-refractivity contribution in [3.8, 4) is 12.5 Å². The Morgan fingerprint density at radius 3 is 2.11 bits per heavy atom. The van der Waals surface area contributed by atoms with Crippen LogP contribution in [0.15, 0.2) is 24.3 Å². The zero-order valence-electron chi connectivity index (χ0n) is 9.51. The summed E-state index contributed by atoms with van der Waals surface area (Å²) in [4.78, 5) is 9.80. The van der Waals surface area contributed by atoms with Crippen molar-refractivity contribution >= 4 is 46.8 Å². The number of hydrogen-bond acceptors (Lipinski definition) is 8. The normalized spacial score (nSPS) is 9.05. The predicted molar refractivity (Wildman–Crippen MR) is 60.8 cm³/mol. The van der Waals surface area contributed by atoms with Crippen LogP contribution in [-0.4, -0.2) is 41.3 Å². The maximum atomic E-state index is 10.2. The molecule has 0 saturated heterocycles. The van der Waals surface area contributed by atoms with Gasteiger partial charge in [-0.25, -0.2) is 0 Å². The van der Waals surface area contributed by atoms with E-state index in [4.69, 9.17) is 10.5 Å². The third-order valence-corrected chi connectivity index (χ3v) is 2.67. The second-order valence-electron chi connectivity index (χ2n) is 2.85. The summed E-state index contributed by atoms with van der Waals surface area (Å²) in [5.74, 6) is 0. The van der Waals surface area contributed by atoms with E-state index in [1.807, 2.05) is 6.07 Å². The Morgan fingerprint density at radius 2 is 1.79 bits per heavy atom. The van der Waals surface area contributed by atoms with Crippen LogP contribution in [-0.2, 0) is 18.8 Å². The van der Waals surface area contributed by atoms with Crippen molar-refractivity contribution in [2.24, 2.45) is 0 Å². The fourth-order valence-corrected chi connectivity index (χ4v) is 1.55. The molecule has 0 unspecified atom stereocenters. The second kappa shape index (κ2) is 8.29. The molecule has 0 N–H and O–H groups in total. The molecule has 11 heteroatoms. The molecule has 0 fully saturated rings. The molecular formula is C8H4N3NaO6S. The van der Waals surface area contributed by atoms with Gasteiger partial charge in [-0.3, -0.25) is 8.37 Å². The second-order valence-corrected chi connectivity index (χ2v) is 5.16. The molecule has 0 heterocycles. The molecule has 0 spiro atoms. The fraction of sp³-hybridized carbons (Fsp3) is 0. The van der Waals surface area contributed by atoms with Crippen molar-refractivity contribution in [2.45, 2.75) is 0 Å². The Hall–Kier alpha value is -1.85. The van der Waals surface area contributed by atoms with Crippen LogP contribution in [0.25, 0.3) is 0 Å². The quantitative estimate of drug-likeness (QED) is 0.317. The van der Waals surface area contributed by atoms with Crippen LogP contribution in [0.4, 0.5) is 5.69 Å². The number of nitro groups is 1. The van der Waals surface area contributed by atoms with E-state index >= 15 is 0 Å². The number of rotatable bonds is 3. The van der Waals surface area contributed by atoms with Crippen LogP contribution in [0.1, 0.15) is 0 Å². The molecule has 0 aliphatic heterocycles. The van der Waals surface area contributed by atoms with Crippen LogP contribution in [0.5, 0.6) is 0 Å². The summed E-state index contributed by atoms with van der Waals surface area (Å²) >= 11 is 0.864. The van der Waals surface area contributed by atoms with E-state index < -0.39 is 10.4 Å². The monoisotopic (exact) mass is 293 g/mol. The molecule has 19 heavy (non-hydrogen) atoms. The van der Waals surface area contributed by atoms with E-state index in [1.165, 1.54) is 6.07 Å². The molecule has 0 atom stereocenters. The third-order valence-electron chi connectivity index (χ3n) is 1.49. The molecule has 0 radical (unpaired) electrons. The van der Waals surface area contributed by atoms with Gasteiger partial charge in [-0.05, 0) is 0 Å². The fourth-order valence-electron chi connectivity index (χ4n) is 0.850. The Morgan fingerprint density at radius 1 is 1.26 bits per heavy atom. The number of benzene rings is 1. The van der Waals surface area contributed by atoms with E-state index in [1.54, 1.807) is 12.1 Å². The topological polar surface area (TPSA) is 143 Å². The first kappa shape index (κ1) is 17.2. The summed E-state index contributed by atoms with van der Waals surface area (Å²) in [6.45, 7) is 0. The molecule has 0 bridgehead atoms. The zero-order chi connectivity index (χ0) is 14.9. The molecule has 0 aliphatic carbocycles. The van der Waals surface area contributed by atoms with Gasteiger partial charge in [0.2, 0.25) is 0 Å². The zero-order valence-corrected chi connectivity index (χ0v) is 12.3. The summed E-state index contributed by atoms with van der Waals surface area (Å²) < 4.78 is 27.5. The molecule has 0 amide bonds. The van der Waals surface area contributed by atoms with E-state index in [0.717, 1.165) is 43.3 Å². The van der Waals surface area contributed by atoms with Crippen molar-refractivity contribution in [2.75, 3.05) is 0 Å². The Bertz CT molecular complexity index is 611. The number of non-ortho nitro benzene ring substituents is 1. The molecule has 1 aromatic rings. The van der Waals surface area contributed by atoms with Crippen LogP contribution < -0.4 is 2.81 Å². The summed E-state index contributed by atoms with van der Waals surface area (Å²) in [5, 5.41) is 25.3. The minimum absolute atomic E-state index is 0.188. The molecule has 0 aromatic heterocycles. The van der Waals surface area contributed by atoms with Crippen molar-refractivity contribution in [1.82, 2.24) is 0 Å². The number of nitriles is 2. The molecule has 1 rings (SSSR count). The van der Waals surface area contributed by atoms with Gasteiger partial charge in [0.1, 0.15) is 0 Å². The van der Waals surface area contributed by atoms with Gasteiger partial charge in [-0.1, -0.05) is 0 Å². The maximum absolute atomic E-state index is 10.2. The van der Waals surface area contributed by atoms with Gasteiger partial charge in [-0.2, -0.15) is 0 Å². The Kier molecular flexibility index (Phi) is 7.48. The van der Waals surface area contributed by atoms with Gasteiger partial charge in [0.05, 0.1) is 0 Å². The number of hydrogen-bond donors (Lipinski definition) is 0. The van der Waals surface area contributed by atoms with Crippen molar-refractivity contribution in [1.29, 1.82) is 10.5 Å². The first-order valence-electron chi connectivity index (χ1n) is 4.43. The van der Waals surface area contributed by atoms with E-state index in [0.29, 0.717) is 0 Å². The standard InChI is InChI=1S/C6H4NO2.C2N2O4S.Na/c8-7(9)6-4-2-1-3-5-6;3-1-7-9(5,6)8-2-4;/h1-2,4-5H;;. The predicted octanol–water partition coefficient (Wildman–Crippen LogP) is -0.385. The molecular weight excluding hydrogens is 289 g/mol. The Labute approximate surface area is 125 Å². The summed E-state index contributed by atoms with van der Waals surface area (Å²) in [6.07, 6.45) is 1.66. The van der Waals surface area contributed by atoms with Gasteiger partial charge in [0, 0.05) is 0 Å². The van der Waals surface area contributed by atoms with Crippen molar-refractivity contribution in [3.63, 3.8) is 0 Å². The molecule has 0 aliphatic rings. The average Bonchev–Trinajstić information content (AvgIpc) is 2.29. The van der Waals surface area contributed by atoms with Crippen molar-refractivity contribution in [3.05, 3.63) is 34.4 Å². The van der Waals surface area contributed by atoms with E-state index in [9.17, 15) is 18.5 Å². The molecule has 94 valence electrons. The molecule has 9 nitrogen and oxygen atoms in total. The van der Waals surface area contributed by atoms with E-state index in [-0.39, 0.29) is 10.6 Å². The third kappa shape index (κ3) is 7.96. The Balaban J connectivity index is 0.000000344. The first-order chi connectivity index (χ1) is 8.82. The van der Waals surface area contributed by atoms with Crippen LogP contribution in [0.3, 0.4) is 0 Å². The first-order valence-corrected chi connectivity index (χ1v) is 6.77. The van der Waals surface area contributed by atoms with Crippen molar-refractivity contribution < 1.29 is 21.7 Å². The van der Waals surface area contributed by atoms with Gasteiger partial charge in [0.15, 0.2) is 0 Å². The summed E-state index contributed by atoms with van der Waals surface area (Å²) in [5.41, 5.74) is 0.188. The van der Waals surface area contributed by atoms with Crippen LogP contribution >= 0.6 is 0 Å². The van der Waals surface area contributed by atoms with Gasteiger partial charge in [0.25, 0.3) is 0 Å². The average molecular weight is 293 g/mol. The SMILES string of the molecule is N#COS(=O)(=O)OC#N.O=[N+]([O-])c1ccc[c]([Na])c1. The number of nitrogens with zero attached hydrogens (tertiary/aromatic N) is 3. The van der Waals surface area contributed by atoms with E-state index in [2.05, 4.69) is 8.37 Å². The van der Waals surface area contributed by atoms with Gasteiger partial charge in [-0.15, -0.1) is 18.9 Å². The van der Waals surface area contributed by atoms with Crippen LogP contribution in [0.2, 0.25) is 0 Å². The number of nitro benzene ring substituents is 1. The van der Waals surface area contributed by atoms with Gasteiger partial charge < -0.3 is 0 Å².